The summed E-state index contributed by atoms with van der Waals surface area (Å²) in [7, 11) is 0. The number of nitrogens with zero attached hydrogens (tertiary/aromatic N) is 3. The van der Waals surface area contributed by atoms with E-state index >= 15 is 0 Å². The maximum Gasteiger partial charge on any atom is 0.289 e. The molecule has 0 saturated carbocycles. The molecule has 3 rings (SSSR count). The average molecular weight is 334 g/mol. The molecule has 1 aromatic heterocycles. The number of carbonyl (C=O) groups excluding carboxylic acids is 1. The summed E-state index contributed by atoms with van der Waals surface area (Å²) in [6.07, 6.45) is 4.46. The van der Waals surface area contributed by atoms with E-state index in [0.717, 1.165) is 5.56 Å². The zero-order valence-electron chi connectivity index (χ0n) is 13.1. The number of halogens is 1. The highest BCUT2D eigenvalue weighted by molar-refractivity contribution is 6.30. The minimum absolute atomic E-state index is 0.126. The van der Waals surface area contributed by atoms with Crippen LogP contribution in [-0.2, 0) is 13.0 Å². The molecule has 0 spiro atoms. The molecule has 122 valence electrons. The van der Waals surface area contributed by atoms with Crippen molar-refractivity contribution in [3.63, 3.8) is 0 Å². The monoisotopic (exact) mass is 333 g/mol. The van der Waals surface area contributed by atoms with Gasteiger partial charge in [-0.05, 0) is 31.0 Å². The molecule has 6 heteroatoms. The second-order valence-corrected chi connectivity index (χ2v) is 6.48. The molecule has 2 aromatic rings. The number of amides is 1. The highest BCUT2D eigenvalue weighted by atomic mass is 35.5. The van der Waals surface area contributed by atoms with Crippen molar-refractivity contribution >= 4 is 17.5 Å². The Labute approximate surface area is 140 Å². The molecule has 1 atom stereocenters. The standard InChI is InChI=1S/C17H20ClN3O2/c1-2-20-9-7-19-15(20)16(22)21-8-6-17(23,12-21)11-13-4-3-5-14(18)10-13/h3-5,7,9-10,23H,2,6,8,11-12H2,1H3. The molecule has 1 aliphatic rings. The number of likely N-dealkylation sites (tertiary alicyclic amines) is 1. The van der Waals surface area contributed by atoms with Crippen molar-refractivity contribution in [3.05, 3.63) is 53.1 Å². The van der Waals surface area contributed by atoms with Crippen LogP contribution in [0.3, 0.4) is 0 Å². The lowest BCUT2D eigenvalue weighted by Crippen LogP contribution is -2.38. The van der Waals surface area contributed by atoms with E-state index in [1.54, 1.807) is 17.3 Å². The molecule has 5 nitrogen and oxygen atoms in total. The van der Waals surface area contributed by atoms with E-state index in [2.05, 4.69) is 4.98 Å². The number of imidazole rings is 1. The number of rotatable bonds is 4. The van der Waals surface area contributed by atoms with Gasteiger partial charge in [0.15, 0.2) is 5.82 Å². The molecule has 1 aromatic carbocycles. The van der Waals surface area contributed by atoms with Crippen LogP contribution in [0.1, 0.15) is 29.5 Å². The minimum Gasteiger partial charge on any atom is -0.388 e. The summed E-state index contributed by atoms with van der Waals surface area (Å²) in [4.78, 5) is 18.4. The second-order valence-electron chi connectivity index (χ2n) is 6.04. The molecule has 1 amide bonds. The first kappa shape index (κ1) is 16.0. The first-order valence-corrected chi connectivity index (χ1v) is 8.16. The summed E-state index contributed by atoms with van der Waals surface area (Å²) >= 11 is 6.00. The van der Waals surface area contributed by atoms with Gasteiger partial charge in [-0.25, -0.2) is 4.98 Å². The van der Waals surface area contributed by atoms with Gasteiger partial charge in [0.2, 0.25) is 0 Å². The molecule has 1 N–H and O–H groups in total. The van der Waals surface area contributed by atoms with Gasteiger partial charge in [0, 0.05) is 36.9 Å². The quantitative estimate of drug-likeness (QED) is 0.934. The number of aromatic nitrogens is 2. The van der Waals surface area contributed by atoms with Crippen LogP contribution < -0.4 is 0 Å². The maximum absolute atomic E-state index is 12.6. The minimum atomic E-state index is -0.913. The van der Waals surface area contributed by atoms with Gasteiger partial charge < -0.3 is 14.6 Å². The van der Waals surface area contributed by atoms with Crippen molar-refractivity contribution in [3.8, 4) is 0 Å². The fourth-order valence-electron chi connectivity index (χ4n) is 3.10. The predicted octanol–water partition coefficient (Wildman–Crippen LogP) is 2.38. The van der Waals surface area contributed by atoms with Gasteiger partial charge in [-0.15, -0.1) is 0 Å². The van der Waals surface area contributed by atoms with E-state index < -0.39 is 5.60 Å². The van der Waals surface area contributed by atoms with Crippen LogP contribution in [0.5, 0.6) is 0 Å². The topological polar surface area (TPSA) is 58.4 Å². The Morgan fingerprint density at radius 3 is 3.04 bits per heavy atom. The normalized spacial score (nSPS) is 20.9. The van der Waals surface area contributed by atoms with E-state index in [-0.39, 0.29) is 5.91 Å². The Bertz CT molecular complexity index is 715. The summed E-state index contributed by atoms with van der Waals surface area (Å²) in [6, 6.07) is 7.48. The van der Waals surface area contributed by atoms with Crippen molar-refractivity contribution in [1.29, 1.82) is 0 Å². The Morgan fingerprint density at radius 2 is 2.30 bits per heavy atom. The number of hydrogen-bond donors (Lipinski definition) is 1. The number of hydrogen-bond acceptors (Lipinski definition) is 3. The molecule has 0 aliphatic carbocycles. The van der Waals surface area contributed by atoms with Crippen LogP contribution in [0.2, 0.25) is 5.02 Å². The summed E-state index contributed by atoms with van der Waals surface area (Å²) in [5.41, 5.74) is 0.0635. The fraction of sp³-hybridized carbons (Fsp3) is 0.412. The van der Waals surface area contributed by atoms with Crippen molar-refractivity contribution < 1.29 is 9.90 Å². The Kier molecular flexibility index (Phi) is 4.41. The zero-order valence-corrected chi connectivity index (χ0v) is 13.8. The fourth-order valence-corrected chi connectivity index (χ4v) is 3.32. The smallest absolute Gasteiger partial charge is 0.289 e. The van der Waals surface area contributed by atoms with Crippen molar-refractivity contribution in [2.75, 3.05) is 13.1 Å². The lowest BCUT2D eigenvalue weighted by atomic mass is 9.94. The first-order chi connectivity index (χ1) is 11.0. The third-order valence-corrected chi connectivity index (χ3v) is 4.52. The van der Waals surface area contributed by atoms with Gasteiger partial charge in [0.1, 0.15) is 0 Å². The molecular weight excluding hydrogens is 314 g/mol. The highest BCUT2D eigenvalue weighted by Gasteiger charge is 2.39. The number of aliphatic hydroxyl groups is 1. The molecule has 1 saturated heterocycles. The summed E-state index contributed by atoms with van der Waals surface area (Å²) < 4.78 is 1.82. The predicted molar refractivity (Wildman–Crippen MR) is 88.5 cm³/mol. The Hall–Kier alpha value is -1.85. The first-order valence-electron chi connectivity index (χ1n) is 7.78. The molecule has 1 fully saturated rings. The van der Waals surface area contributed by atoms with E-state index in [4.69, 9.17) is 11.6 Å². The zero-order chi connectivity index (χ0) is 16.4. The molecule has 0 radical (unpaired) electrons. The van der Waals surface area contributed by atoms with Gasteiger partial charge in [-0.3, -0.25) is 4.79 Å². The van der Waals surface area contributed by atoms with Crippen LogP contribution in [0, 0.1) is 0 Å². The summed E-state index contributed by atoms with van der Waals surface area (Å²) in [5, 5.41) is 11.5. The van der Waals surface area contributed by atoms with Crippen molar-refractivity contribution in [2.24, 2.45) is 0 Å². The van der Waals surface area contributed by atoms with Crippen LogP contribution in [0.15, 0.2) is 36.7 Å². The van der Waals surface area contributed by atoms with Gasteiger partial charge in [-0.2, -0.15) is 0 Å². The third kappa shape index (κ3) is 3.41. The van der Waals surface area contributed by atoms with Crippen LogP contribution in [0.4, 0.5) is 0 Å². The molecule has 0 bridgehead atoms. The van der Waals surface area contributed by atoms with Crippen LogP contribution in [0.25, 0.3) is 0 Å². The van der Waals surface area contributed by atoms with Crippen LogP contribution in [-0.4, -0.2) is 44.2 Å². The second kappa shape index (κ2) is 6.34. The van der Waals surface area contributed by atoms with Gasteiger partial charge >= 0.3 is 0 Å². The molecular formula is C17H20ClN3O2. The van der Waals surface area contributed by atoms with Gasteiger partial charge in [-0.1, -0.05) is 23.7 Å². The Balaban J connectivity index is 1.71. The van der Waals surface area contributed by atoms with Gasteiger partial charge in [0.05, 0.1) is 12.1 Å². The van der Waals surface area contributed by atoms with E-state index in [1.165, 1.54) is 0 Å². The summed E-state index contributed by atoms with van der Waals surface area (Å²) in [6.45, 7) is 3.51. The molecule has 23 heavy (non-hydrogen) atoms. The Morgan fingerprint density at radius 1 is 1.48 bits per heavy atom. The molecule has 1 unspecified atom stereocenters. The largest absolute Gasteiger partial charge is 0.388 e. The average Bonchev–Trinajstić information content (AvgIpc) is 3.13. The SMILES string of the molecule is CCn1ccnc1C(=O)N1CCC(O)(Cc2cccc(Cl)c2)C1. The molecule has 2 heterocycles. The number of carbonyl (C=O) groups is 1. The van der Waals surface area contributed by atoms with Gasteiger partial charge in [0.25, 0.3) is 5.91 Å². The highest BCUT2D eigenvalue weighted by Crippen LogP contribution is 2.27. The lowest BCUT2D eigenvalue weighted by Gasteiger charge is -2.23. The maximum atomic E-state index is 12.6. The number of aryl methyl sites for hydroxylation is 1. The van der Waals surface area contributed by atoms with Crippen molar-refractivity contribution in [1.82, 2.24) is 14.5 Å². The number of benzene rings is 1. The third-order valence-electron chi connectivity index (χ3n) is 4.29. The van der Waals surface area contributed by atoms with Crippen LogP contribution >= 0.6 is 11.6 Å². The van der Waals surface area contributed by atoms with E-state index in [9.17, 15) is 9.90 Å². The molecule has 1 aliphatic heterocycles. The summed E-state index contributed by atoms with van der Waals surface area (Å²) in [5.74, 6) is 0.304. The van der Waals surface area contributed by atoms with E-state index in [0.29, 0.717) is 43.3 Å². The van der Waals surface area contributed by atoms with Crippen molar-refractivity contribution in [2.45, 2.75) is 31.9 Å². The van der Waals surface area contributed by atoms with E-state index in [1.807, 2.05) is 35.8 Å². The number of β-amino-alcohol motifs (C(OH)–C–C–N with tert-alkyl or cyclic N) is 1. The lowest BCUT2D eigenvalue weighted by molar-refractivity contribution is 0.0439.